The average Bonchev–Trinajstić information content (AvgIpc) is 3.09. The molecule has 1 heterocycles. The topological polar surface area (TPSA) is 121 Å². The molecule has 0 saturated carbocycles. The molecular weight excluding hydrogens is 348 g/mol. The number of nitrogens with zero attached hydrogens (tertiary/aromatic N) is 2. The van der Waals surface area contributed by atoms with Gasteiger partial charge in [0.1, 0.15) is 11.3 Å². The maximum absolute atomic E-state index is 11.7. The van der Waals surface area contributed by atoms with Crippen molar-refractivity contribution in [2.24, 2.45) is 0 Å². The van der Waals surface area contributed by atoms with Gasteiger partial charge in [0.2, 0.25) is 10.9 Å². The number of aromatic carboxylic acids is 1. The molecule has 0 aliphatic carbocycles. The highest BCUT2D eigenvalue weighted by Crippen LogP contribution is 2.31. The highest BCUT2D eigenvalue weighted by molar-refractivity contribution is 7.74. The van der Waals surface area contributed by atoms with Crippen LogP contribution in [-0.2, 0) is 10.9 Å². The lowest BCUT2D eigenvalue weighted by atomic mass is 10.1. The van der Waals surface area contributed by atoms with E-state index in [4.69, 9.17) is 9.52 Å². The highest BCUT2D eigenvalue weighted by atomic mass is 32.2. The van der Waals surface area contributed by atoms with Gasteiger partial charge in [-0.1, -0.05) is 0 Å². The molecule has 2 N–H and O–H groups in total. The molecular formula is C16H12N2O6S. The van der Waals surface area contributed by atoms with E-state index >= 15 is 0 Å². The molecule has 25 heavy (non-hydrogen) atoms. The molecule has 0 unspecified atom stereocenters. The number of rotatable bonds is 5. The van der Waals surface area contributed by atoms with Gasteiger partial charge in [-0.2, -0.15) is 0 Å². The van der Waals surface area contributed by atoms with E-state index in [9.17, 15) is 18.3 Å². The number of oxazole rings is 1. The first-order chi connectivity index (χ1) is 12.0. The highest BCUT2D eigenvalue weighted by Gasteiger charge is 2.16. The number of anilines is 2. The van der Waals surface area contributed by atoms with Gasteiger partial charge >= 0.3 is 5.97 Å². The van der Waals surface area contributed by atoms with Gasteiger partial charge in [0.25, 0.3) is 0 Å². The largest absolute Gasteiger partial charge is 0.507 e. The maximum Gasteiger partial charge on any atom is 0.339 e. The van der Waals surface area contributed by atoms with Crippen LogP contribution >= 0.6 is 0 Å². The van der Waals surface area contributed by atoms with Gasteiger partial charge < -0.3 is 14.6 Å². The van der Waals surface area contributed by atoms with Crippen LogP contribution in [0, 0.1) is 0 Å². The third kappa shape index (κ3) is 3.31. The molecule has 0 bridgehead atoms. The van der Waals surface area contributed by atoms with Gasteiger partial charge in [-0.25, -0.2) is 22.5 Å². The van der Waals surface area contributed by atoms with Crippen molar-refractivity contribution in [1.82, 2.24) is 4.98 Å². The van der Waals surface area contributed by atoms with E-state index in [1.807, 2.05) is 0 Å². The van der Waals surface area contributed by atoms with E-state index in [2.05, 4.69) is 4.98 Å². The Kier molecular flexibility index (Phi) is 4.40. The predicted octanol–water partition coefficient (Wildman–Crippen LogP) is 2.41. The number of phenols is 1. The minimum atomic E-state index is -3.07. The Bertz CT molecular complexity index is 972. The molecule has 2 aromatic carbocycles. The van der Waals surface area contributed by atoms with E-state index in [0.717, 1.165) is 16.4 Å². The first-order valence-corrected chi connectivity index (χ1v) is 8.10. The van der Waals surface area contributed by atoms with Crippen LogP contribution in [-0.4, -0.2) is 29.6 Å². The van der Waals surface area contributed by atoms with E-state index in [1.54, 1.807) is 24.3 Å². The Morgan fingerprint density at radius 1 is 1.08 bits per heavy atom. The quantitative estimate of drug-likeness (QED) is 0.597. The Morgan fingerprint density at radius 2 is 1.76 bits per heavy atom. The Hall–Kier alpha value is -3.33. The van der Waals surface area contributed by atoms with Crippen LogP contribution in [0.15, 0.2) is 59.5 Å². The third-order valence-electron chi connectivity index (χ3n) is 3.45. The Labute approximate surface area is 143 Å². The van der Waals surface area contributed by atoms with Gasteiger partial charge in [0.15, 0.2) is 12.2 Å². The zero-order valence-electron chi connectivity index (χ0n) is 12.6. The number of thiol groups is 1. The smallest absolute Gasteiger partial charge is 0.339 e. The molecule has 8 nitrogen and oxygen atoms in total. The molecule has 0 aliphatic heterocycles. The maximum atomic E-state index is 11.7. The molecule has 3 rings (SSSR count). The second-order valence-electron chi connectivity index (χ2n) is 4.97. The van der Waals surface area contributed by atoms with Crippen molar-refractivity contribution in [3.8, 4) is 17.1 Å². The van der Waals surface area contributed by atoms with Crippen molar-refractivity contribution in [2.75, 3.05) is 4.31 Å². The molecule has 1 aromatic heterocycles. The van der Waals surface area contributed by atoms with Crippen LogP contribution in [0.2, 0.25) is 0 Å². The molecule has 0 aliphatic rings. The van der Waals surface area contributed by atoms with Crippen LogP contribution in [0.4, 0.5) is 11.4 Å². The number of hydrogen-bond donors (Lipinski definition) is 3. The third-order valence-corrected chi connectivity index (χ3v) is 4.24. The first-order valence-electron chi connectivity index (χ1n) is 6.97. The summed E-state index contributed by atoms with van der Waals surface area (Å²) in [5.41, 5.74) is 0.838. The minimum Gasteiger partial charge on any atom is -0.507 e. The fourth-order valence-electron chi connectivity index (χ4n) is 2.30. The monoisotopic (exact) mass is 360 g/mol. The molecule has 0 spiro atoms. The average molecular weight is 360 g/mol. The second kappa shape index (κ2) is 6.65. The summed E-state index contributed by atoms with van der Waals surface area (Å²) in [5, 5.41) is 18.7. The fraction of sp³-hybridized carbons (Fsp3) is 0. The number of carbonyl (C=O) groups is 1. The molecule has 0 saturated heterocycles. The molecule has 0 atom stereocenters. The fourth-order valence-corrected chi connectivity index (χ4v) is 2.93. The van der Waals surface area contributed by atoms with E-state index < -0.39 is 22.6 Å². The molecule has 128 valence electrons. The second-order valence-corrected chi connectivity index (χ2v) is 5.84. The van der Waals surface area contributed by atoms with Gasteiger partial charge in [0.05, 0.1) is 17.6 Å². The van der Waals surface area contributed by atoms with E-state index in [1.165, 1.54) is 18.7 Å². The number of carboxylic acid groups (broad SMARTS) is 1. The van der Waals surface area contributed by atoms with E-state index in [0.29, 0.717) is 17.0 Å². The van der Waals surface area contributed by atoms with Gasteiger partial charge in [-0.15, -0.1) is 0 Å². The zero-order valence-corrected chi connectivity index (χ0v) is 13.5. The predicted molar refractivity (Wildman–Crippen MR) is 89.5 cm³/mol. The summed E-state index contributed by atoms with van der Waals surface area (Å²) >= 11 is 0. The number of aromatic hydroxyl groups is 1. The van der Waals surface area contributed by atoms with Crippen molar-refractivity contribution in [3.63, 3.8) is 0 Å². The summed E-state index contributed by atoms with van der Waals surface area (Å²) in [6.07, 6.45) is 2.82. The lowest BCUT2D eigenvalue weighted by molar-refractivity contribution is 0.0694. The van der Waals surface area contributed by atoms with Gasteiger partial charge in [-0.05, 0) is 36.4 Å². The summed E-state index contributed by atoms with van der Waals surface area (Å²) in [6, 6.07) is 9.97. The molecule has 0 amide bonds. The lowest BCUT2D eigenvalue weighted by Crippen LogP contribution is -2.14. The SMILES string of the molecule is O=C(O)c1ccc(N(c2ccc(-c3cnco3)cc2)[SH](=O)=O)cc1O. The van der Waals surface area contributed by atoms with Crippen molar-refractivity contribution < 1.29 is 27.8 Å². The van der Waals surface area contributed by atoms with Crippen LogP contribution in [0.25, 0.3) is 11.3 Å². The first kappa shape index (κ1) is 16.5. The number of aromatic nitrogens is 1. The van der Waals surface area contributed by atoms with Crippen molar-refractivity contribution in [2.45, 2.75) is 0 Å². The number of carboxylic acids is 1. The number of benzene rings is 2. The molecule has 9 heteroatoms. The molecule has 0 radical (unpaired) electrons. The normalized spacial score (nSPS) is 10.8. The summed E-state index contributed by atoms with van der Waals surface area (Å²) in [5.74, 6) is -1.29. The van der Waals surface area contributed by atoms with E-state index in [-0.39, 0.29) is 11.3 Å². The van der Waals surface area contributed by atoms with Crippen LogP contribution in [0.5, 0.6) is 5.75 Å². The minimum absolute atomic E-state index is 0.117. The van der Waals surface area contributed by atoms with Crippen molar-refractivity contribution in [1.29, 1.82) is 0 Å². The zero-order chi connectivity index (χ0) is 18.0. The molecule has 0 fully saturated rings. The Morgan fingerprint density at radius 3 is 2.28 bits per heavy atom. The van der Waals surface area contributed by atoms with Crippen LogP contribution in [0.3, 0.4) is 0 Å². The lowest BCUT2D eigenvalue weighted by Gasteiger charge is -2.18. The Balaban J connectivity index is 1.99. The summed E-state index contributed by atoms with van der Waals surface area (Å²) in [6.45, 7) is 0. The summed E-state index contributed by atoms with van der Waals surface area (Å²) < 4.78 is 29.5. The van der Waals surface area contributed by atoms with Crippen LogP contribution < -0.4 is 4.31 Å². The summed E-state index contributed by atoms with van der Waals surface area (Å²) in [4.78, 5) is 14.8. The summed E-state index contributed by atoms with van der Waals surface area (Å²) in [7, 11) is -3.07. The van der Waals surface area contributed by atoms with Crippen molar-refractivity contribution in [3.05, 3.63) is 60.6 Å². The number of hydrogen-bond acceptors (Lipinski definition) is 6. The standard InChI is InChI=1S/C16H12N2O6S/c19-14-7-12(5-6-13(14)16(20)21)18(25(22)23)11-3-1-10(2-4-11)15-8-17-9-24-15/h1-9,19,25H,(H,20,21). The van der Waals surface area contributed by atoms with Gasteiger partial charge in [0, 0.05) is 11.6 Å². The molecule has 3 aromatic rings. The van der Waals surface area contributed by atoms with Gasteiger partial charge in [-0.3, -0.25) is 0 Å². The van der Waals surface area contributed by atoms with Crippen LogP contribution in [0.1, 0.15) is 10.4 Å². The van der Waals surface area contributed by atoms with Crippen molar-refractivity contribution >= 4 is 28.2 Å².